The van der Waals surface area contributed by atoms with Crippen LogP contribution >= 0.6 is 0 Å². The first-order valence-electron chi connectivity index (χ1n) is 7.79. The number of ether oxygens (including phenoxy) is 2. The average Bonchev–Trinajstić information content (AvgIpc) is 2.90. The fraction of sp³-hybridized carbons (Fsp3) is 0.667. The lowest BCUT2D eigenvalue weighted by Gasteiger charge is -2.49. The van der Waals surface area contributed by atoms with Gasteiger partial charge in [0.05, 0.1) is 12.2 Å². The standard InChI is InChI=1S/C15H23N3O4S/c1-17(2)23(19,20)18-11-15(12-18)13(7-10-22-15)6-9-21-14-5-3-4-8-16-14/h3-5,8,13H,6-7,9-12H2,1-2H3/t13-/m1/s1. The Labute approximate surface area is 137 Å². The third kappa shape index (κ3) is 3.21. The Morgan fingerprint density at radius 2 is 2.22 bits per heavy atom. The van der Waals surface area contributed by atoms with Gasteiger partial charge in [-0.2, -0.15) is 17.0 Å². The highest BCUT2D eigenvalue weighted by Crippen LogP contribution is 2.42. The molecule has 3 rings (SSSR count). The van der Waals surface area contributed by atoms with E-state index >= 15 is 0 Å². The first-order valence-corrected chi connectivity index (χ1v) is 9.19. The van der Waals surface area contributed by atoms with Crippen molar-refractivity contribution < 1.29 is 17.9 Å². The number of hydrogen-bond acceptors (Lipinski definition) is 5. The molecule has 2 aliphatic rings. The maximum atomic E-state index is 12.1. The van der Waals surface area contributed by atoms with Gasteiger partial charge in [-0.15, -0.1) is 0 Å². The summed E-state index contributed by atoms with van der Waals surface area (Å²) in [6.07, 6.45) is 3.49. The maximum absolute atomic E-state index is 12.1. The molecule has 2 aliphatic heterocycles. The molecule has 0 unspecified atom stereocenters. The van der Waals surface area contributed by atoms with E-state index in [9.17, 15) is 8.42 Å². The van der Waals surface area contributed by atoms with Crippen LogP contribution in [0.1, 0.15) is 12.8 Å². The molecule has 3 heterocycles. The van der Waals surface area contributed by atoms with Crippen LogP contribution in [0, 0.1) is 5.92 Å². The van der Waals surface area contributed by atoms with E-state index in [0.29, 0.717) is 38.1 Å². The van der Waals surface area contributed by atoms with Gasteiger partial charge in [-0.25, -0.2) is 4.98 Å². The van der Waals surface area contributed by atoms with Crippen molar-refractivity contribution >= 4 is 10.2 Å². The molecule has 1 aromatic rings. The predicted octanol–water partition coefficient (Wildman–Crippen LogP) is 0.748. The van der Waals surface area contributed by atoms with Crippen LogP contribution in [-0.4, -0.2) is 68.0 Å². The molecular weight excluding hydrogens is 318 g/mol. The lowest BCUT2D eigenvalue weighted by Crippen LogP contribution is -2.67. The molecule has 0 aromatic carbocycles. The van der Waals surface area contributed by atoms with Gasteiger partial charge in [-0.3, -0.25) is 0 Å². The lowest BCUT2D eigenvalue weighted by molar-refractivity contribution is -0.105. The van der Waals surface area contributed by atoms with Crippen LogP contribution in [0.15, 0.2) is 24.4 Å². The largest absolute Gasteiger partial charge is 0.478 e. The van der Waals surface area contributed by atoms with Crippen molar-refractivity contribution in [3.8, 4) is 5.88 Å². The van der Waals surface area contributed by atoms with Gasteiger partial charge in [-0.05, 0) is 24.8 Å². The second-order valence-electron chi connectivity index (χ2n) is 6.26. The molecule has 23 heavy (non-hydrogen) atoms. The lowest BCUT2D eigenvalue weighted by atomic mass is 9.80. The van der Waals surface area contributed by atoms with Crippen LogP contribution in [0.3, 0.4) is 0 Å². The molecule has 1 spiro atoms. The summed E-state index contributed by atoms with van der Waals surface area (Å²) in [6, 6.07) is 5.56. The zero-order chi connectivity index (χ0) is 16.5. The molecule has 128 valence electrons. The molecule has 2 fully saturated rings. The van der Waals surface area contributed by atoms with E-state index in [2.05, 4.69) is 4.98 Å². The number of rotatable bonds is 6. The number of pyridine rings is 1. The van der Waals surface area contributed by atoms with Crippen molar-refractivity contribution in [2.24, 2.45) is 5.92 Å². The van der Waals surface area contributed by atoms with Crippen LogP contribution < -0.4 is 4.74 Å². The van der Waals surface area contributed by atoms with Gasteiger partial charge in [0.25, 0.3) is 10.2 Å². The highest BCUT2D eigenvalue weighted by molar-refractivity contribution is 7.86. The number of aromatic nitrogens is 1. The van der Waals surface area contributed by atoms with E-state index in [-0.39, 0.29) is 5.60 Å². The fourth-order valence-corrected chi connectivity index (χ4v) is 4.45. The van der Waals surface area contributed by atoms with Crippen LogP contribution in [0.5, 0.6) is 5.88 Å². The normalized spacial score (nSPS) is 24.0. The Bertz CT molecular complexity index is 629. The van der Waals surface area contributed by atoms with E-state index < -0.39 is 10.2 Å². The summed E-state index contributed by atoms with van der Waals surface area (Å²) < 4.78 is 38.5. The van der Waals surface area contributed by atoms with E-state index in [0.717, 1.165) is 12.8 Å². The van der Waals surface area contributed by atoms with Crippen molar-refractivity contribution in [3.05, 3.63) is 24.4 Å². The molecule has 7 nitrogen and oxygen atoms in total. The summed E-state index contributed by atoms with van der Waals surface area (Å²) >= 11 is 0. The number of nitrogens with zero attached hydrogens (tertiary/aromatic N) is 3. The minimum absolute atomic E-state index is 0.319. The van der Waals surface area contributed by atoms with Gasteiger partial charge in [0.15, 0.2) is 0 Å². The quantitative estimate of drug-likeness (QED) is 0.763. The van der Waals surface area contributed by atoms with Crippen LogP contribution in [-0.2, 0) is 14.9 Å². The second kappa shape index (κ2) is 6.35. The zero-order valence-corrected chi connectivity index (χ0v) is 14.3. The molecule has 8 heteroatoms. The van der Waals surface area contributed by atoms with Gasteiger partial charge in [0.2, 0.25) is 5.88 Å². The highest BCUT2D eigenvalue weighted by Gasteiger charge is 2.56. The predicted molar refractivity (Wildman–Crippen MR) is 85.3 cm³/mol. The Morgan fingerprint density at radius 1 is 1.43 bits per heavy atom. The van der Waals surface area contributed by atoms with Gasteiger partial charge >= 0.3 is 0 Å². The smallest absolute Gasteiger partial charge is 0.281 e. The summed E-state index contributed by atoms with van der Waals surface area (Å²) in [6.45, 7) is 2.11. The average molecular weight is 341 g/mol. The van der Waals surface area contributed by atoms with E-state index in [1.54, 1.807) is 20.3 Å². The van der Waals surface area contributed by atoms with E-state index in [1.165, 1.54) is 8.61 Å². The summed E-state index contributed by atoms with van der Waals surface area (Å²) in [5.41, 5.74) is -0.337. The first kappa shape index (κ1) is 16.6. The Balaban J connectivity index is 1.53. The van der Waals surface area contributed by atoms with E-state index in [1.807, 2.05) is 18.2 Å². The summed E-state index contributed by atoms with van der Waals surface area (Å²) in [5, 5.41) is 0. The SMILES string of the molecule is CN(C)S(=O)(=O)N1CC2(C1)OCC[C@H]2CCOc1ccccn1. The Hall–Kier alpha value is -1.22. The monoisotopic (exact) mass is 341 g/mol. The van der Waals surface area contributed by atoms with Crippen LogP contribution in [0.4, 0.5) is 0 Å². The first-order chi connectivity index (χ1) is 10.9. The highest BCUT2D eigenvalue weighted by atomic mass is 32.2. The zero-order valence-electron chi connectivity index (χ0n) is 13.5. The fourth-order valence-electron chi connectivity index (χ4n) is 3.23. The third-order valence-electron chi connectivity index (χ3n) is 4.63. The summed E-state index contributed by atoms with van der Waals surface area (Å²) in [4.78, 5) is 4.13. The number of hydrogen-bond donors (Lipinski definition) is 0. The van der Waals surface area contributed by atoms with Crippen molar-refractivity contribution in [2.45, 2.75) is 18.4 Å². The molecule has 0 saturated carbocycles. The topological polar surface area (TPSA) is 72.0 Å². The van der Waals surface area contributed by atoms with Gasteiger partial charge < -0.3 is 9.47 Å². The molecule has 0 radical (unpaired) electrons. The maximum Gasteiger partial charge on any atom is 0.281 e. The second-order valence-corrected chi connectivity index (χ2v) is 8.40. The molecule has 0 aliphatic carbocycles. The molecule has 0 bridgehead atoms. The molecule has 0 N–H and O–H groups in total. The third-order valence-corrected chi connectivity index (χ3v) is 6.46. The summed E-state index contributed by atoms with van der Waals surface area (Å²) in [5.74, 6) is 0.936. The van der Waals surface area contributed by atoms with Crippen LogP contribution in [0.25, 0.3) is 0 Å². The van der Waals surface area contributed by atoms with Crippen LogP contribution in [0.2, 0.25) is 0 Å². The van der Waals surface area contributed by atoms with Crippen molar-refractivity contribution in [3.63, 3.8) is 0 Å². The van der Waals surface area contributed by atoms with Crippen molar-refractivity contribution in [2.75, 3.05) is 40.4 Å². The molecule has 1 atom stereocenters. The van der Waals surface area contributed by atoms with Crippen molar-refractivity contribution in [1.29, 1.82) is 0 Å². The minimum Gasteiger partial charge on any atom is -0.478 e. The van der Waals surface area contributed by atoms with Gasteiger partial charge in [-0.1, -0.05) is 6.07 Å². The van der Waals surface area contributed by atoms with E-state index in [4.69, 9.17) is 9.47 Å². The molecule has 0 amide bonds. The molecular formula is C15H23N3O4S. The minimum atomic E-state index is -3.35. The Kier molecular flexibility index (Phi) is 4.59. The van der Waals surface area contributed by atoms with Gasteiger partial charge in [0.1, 0.15) is 0 Å². The van der Waals surface area contributed by atoms with Gasteiger partial charge in [0, 0.05) is 46.1 Å². The summed E-state index contributed by atoms with van der Waals surface area (Å²) in [7, 11) is -0.246. The molecule has 2 saturated heterocycles. The van der Waals surface area contributed by atoms with Crippen molar-refractivity contribution in [1.82, 2.24) is 13.6 Å². The Morgan fingerprint density at radius 3 is 2.87 bits per heavy atom. The molecule has 1 aromatic heterocycles.